The topological polar surface area (TPSA) is 67.6 Å². The maximum absolute atomic E-state index is 11.9. The van der Waals surface area contributed by atoms with Crippen molar-refractivity contribution in [2.75, 3.05) is 43.9 Å². The van der Waals surface area contributed by atoms with Crippen LogP contribution in [-0.4, -0.2) is 43.7 Å². The zero-order chi connectivity index (χ0) is 13.8. The number of anilines is 2. The number of nitrogens with two attached hydrogens (primary N) is 1. The van der Waals surface area contributed by atoms with Gasteiger partial charge in [0.1, 0.15) is 0 Å². The molecule has 5 nitrogen and oxygen atoms in total. The van der Waals surface area contributed by atoms with Crippen LogP contribution in [0.25, 0.3) is 0 Å². The van der Waals surface area contributed by atoms with E-state index in [2.05, 4.69) is 5.32 Å². The summed E-state index contributed by atoms with van der Waals surface area (Å²) in [5, 5.41) is 3.49. The Morgan fingerprint density at radius 1 is 1.37 bits per heavy atom. The highest BCUT2D eigenvalue weighted by molar-refractivity contribution is 6.37. The predicted octanol–water partition coefficient (Wildman–Crippen LogP) is 1.85. The van der Waals surface area contributed by atoms with Gasteiger partial charge < -0.3 is 15.8 Å². The number of ether oxygens (including phenoxy) is 1. The van der Waals surface area contributed by atoms with Crippen molar-refractivity contribution in [3.63, 3.8) is 0 Å². The van der Waals surface area contributed by atoms with Gasteiger partial charge in [0.25, 0.3) is 0 Å². The number of morpholine rings is 1. The summed E-state index contributed by atoms with van der Waals surface area (Å²) in [6.45, 7) is 3.09. The molecule has 7 heteroatoms. The van der Waals surface area contributed by atoms with Crippen LogP contribution >= 0.6 is 23.2 Å². The molecule has 1 aliphatic rings. The molecule has 19 heavy (non-hydrogen) atoms. The highest BCUT2D eigenvalue weighted by Gasteiger charge is 2.16. The number of nitrogen functional groups attached to an aromatic ring is 1. The number of amides is 1. The number of hydrogen-bond acceptors (Lipinski definition) is 4. The lowest BCUT2D eigenvalue weighted by atomic mass is 10.2. The lowest BCUT2D eigenvalue weighted by molar-refractivity contribution is -0.118. The summed E-state index contributed by atoms with van der Waals surface area (Å²) in [7, 11) is 0. The van der Waals surface area contributed by atoms with Crippen molar-refractivity contribution in [2.45, 2.75) is 0 Å². The van der Waals surface area contributed by atoms with Gasteiger partial charge in [-0.1, -0.05) is 23.2 Å². The summed E-state index contributed by atoms with van der Waals surface area (Å²) in [5.74, 6) is -0.155. The predicted molar refractivity (Wildman–Crippen MR) is 76.8 cm³/mol. The van der Waals surface area contributed by atoms with E-state index in [4.69, 9.17) is 33.7 Å². The number of benzene rings is 1. The normalized spacial score (nSPS) is 16.3. The summed E-state index contributed by atoms with van der Waals surface area (Å²) < 4.78 is 5.22. The Hall–Kier alpha value is -1.01. The number of halogens is 2. The van der Waals surface area contributed by atoms with Crippen molar-refractivity contribution in [1.82, 2.24) is 4.90 Å². The average Bonchev–Trinajstić information content (AvgIpc) is 2.35. The van der Waals surface area contributed by atoms with Gasteiger partial charge in [-0.25, -0.2) is 0 Å². The lowest BCUT2D eigenvalue weighted by Gasteiger charge is -2.26. The fourth-order valence-corrected chi connectivity index (χ4v) is 2.42. The van der Waals surface area contributed by atoms with Crippen LogP contribution in [0, 0.1) is 0 Å². The molecule has 1 fully saturated rings. The van der Waals surface area contributed by atoms with E-state index in [9.17, 15) is 4.79 Å². The number of carbonyl (C=O) groups is 1. The summed E-state index contributed by atoms with van der Waals surface area (Å²) in [4.78, 5) is 13.9. The number of nitrogens with zero attached hydrogens (tertiary/aromatic N) is 1. The monoisotopic (exact) mass is 303 g/mol. The molecule has 0 bridgehead atoms. The van der Waals surface area contributed by atoms with Crippen LogP contribution in [0.4, 0.5) is 11.4 Å². The van der Waals surface area contributed by atoms with Crippen molar-refractivity contribution >= 4 is 40.5 Å². The quantitative estimate of drug-likeness (QED) is 0.836. The molecule has 0 unspecified atom stereocenters. The molecular weight excluding hydrogens is 289 g/mol. The zero-order valence-electron chi connectivity index (χ0n) is 10.3. The third-order valence-electron chi connectivity index (χ3n) is 2.82. The summed E-state index contributed by atoms with van der Waals surface area (Å²) in [5.41, 5.74) is 6.55. The second-order valence-corrected chi connectivity index (χ2v) is 5.13. The molecule has 1 aromatic carbocycles. The minimum atomic E-state index is -0.155. The Balaban J connectivity index is 1.98. The molecule has 0 aliphatic carbocycles. The van der Waals surface area contributed by atoms with Crippen molar-refractivity contribution in [3.05, 3.63) is 22.2 Å². The third-order valence-corrected chi connectivity index (χ3v) is 3.34. The van der Waals surface area contributed by atoms with Gasteiger partial charge in [-0.2, -0.15) is 0 Å². The third kappa shape index (κ3) is 3.98. The Morgan fingerprint density at radius 2 is 2.05 bits per heavy atom. The first kappa shape index (κ1) is 14.4. The van der Waals surface area contributed by atoms with Crippen molar-refractivity contribution < 1.29 is 9.53 Å². The van der Waals surface area contributed by atoms with Crippen LogP contribution in [0.2, 0.25) is 10.0 Å². The molecule has 1 saturated heterocycles. The van der Waals surface area contributed by atoms with Crippen molar-refractivity contribution in [3.8, 4) is 0 Å². The minimum Gasteiger partial charge on any atom is -0.397 e. The van der Waals surface area contributed by atoms with Crippen LogP contribution in [0.5, 0.6) is 0 Å². The highest BCUT2D eigenvalue weighted by Crippen LogP contribution is 2.31. The Morgan fingerprint density at radius 3 is 2.68 bits per heavy atom. The van der Waals surface area contributed by atoms with Crippen LogP contribution in [0.15, 0.2) is 12.1 Å². The molecule has 3 N–H and O–H groups in total. The van der Waals surface area contributed by atoms with Crippen molar-refractivity contribution in [1.29, 1.82) is 0 Å². The first-order valence-corrected chi connectivity index (χ1v) is 6.66. The smallest absolute Gasteiger partial charge is 0.238 e. The molecule has 0 aromatic heterocycles. The Kier molecular flexibility index (Phi) is 4.87. The van der Waals surface area contributed by atoms with E-state index in [1.165, 1.54) is 0 Å². The summed E-state index contributed by atoms with van der Waals surface area (Å²) in [6, 6.07) is 3.10. The second kappa shape index (κ2) is 6.43. The number of rotatable bonds is 3. The standard InChI is InChI=1S/C12H15Cl2N3O2/c13-8-5-9(14)12(10(15)6-8)16-11(18)7-17-1-3-19-4-2-17/h5-6H,1-4,7,15H2,(H,16,18). The molecular formula is C12H15Cl2N3O2. The summed E-state index contributed by atoms with van der Waals surface area (Å²) in [6.07, 6.45) is 0. The minimum absolute atomic E-state index is 0.155. The van der Waals surface area contributed by atoms with Gasteiger partial charge in [-0.05, 0) is 12.1 Å². The van der Waals surface area contributed by atoms with Gasteiger partial charge in [-0.15, -0.1) is 0 Å². The van der Waals surface area contributed by atoms with Gasteiger partial charge in [0.15, 0.2) is 0 Å². The largest absolute Gasteiger partial charge is 0.397 e. The SMILES string of the molecule is Nc1cc(Cl)cc(Cl)c1NC(=O)CN1CCOCC1. The molecule has 0 spiro atoms. The lowest BCUT2D eigenvalue weighted by Crippen LogP contribution is -2.41. The number of carbonyl (C=O) groups excluding carboxylic acids is 1. The van der Waals surface area contributed by atoms with Gasteiger partial charge in [-0.3, -0.25) is 9.69 Å². The fourth-order valence-electron chi connectivity index (χ4n) is 1.87. The van der Waals surface area contributed by atoms with Gasteiger partial charge in [0.2, 0.25) is 5.91 Å². The van der Waals surface area contributed by atoms with Gasteiger partial charge in [0.05, 0.1) is 36.2 Å². The van der Waals surface area contributed by atoms with E-state index in [1.807, 2.05) is 4.90 Å². The Bertz CT molecular complexity index is 453. The molecule has 1 amide bonds. The van der Waals surface area contributed by atoms with Crippen LogP contribution < -0.4 is 11.1 Å². The fraction of sp³-hybridized carbons (Fsp3) is 0.417. The van der Waals surface area contributed by atoms with Crippen LogP contribution in [-0.2, 0) is 9.53 Å². The van der Waals surface area contributed by atoms with E-state index in [0.717, 1.165) is 13.1 Å². The molecule has 1 heterocycles. The highest BCUT2D eigenvalue weighted by atomic mass is 35.5. The second-order valence-electron chi connectivity index (χ2n) is 4.29. The van der Waals surface area contributed by atoms with Gasteiger partial charge >= 0.3 is 0 Å². The average molecular weight is 304 g/mol. The molecule has 1 aliphatic heterocycles. The molecule has 1 aromatic rings. The molecule has 104 valence electrons. The maximum atomic E-state index is 11.9. The Labute approximate surface area is 121 Å². The van der Waals surface area contributed by atoms with E-state index >= 15 is 0 Å². The molecule has 0 radical (unpaired) electrons. The zero-order valence-corrected chi connectivity index (χ0v) is 11.8. The van der Waals surface area contributed by atoms with E-state index in [-0.39, 0.29) is 5.91 Å². The molecule has 0 atom stereocenters. The van der Waals surface area contributed by atoms with Crippen LogP contribution in [0.3, 0.4) is 0 Å². The first-order chi connectivity index (χ1) is 9.06. The van der Waals surface area contributed by atoms with E-state index in [0.29, 0.717) is 41.2 Å². The number of hydrogen-bond donors (Lipinski definition) is 2. The van der Waals surface area contributed by atoms with E-state index in [1.54, 1.807) is 12.1 Å². The van der Waals surface area contributed by atoms with Crippen molar-refractivity contribution in [2.24, 2.45) is 0 Å². The first-order valence-electron chi connectivity index (χ1n) is 5.91. The van der Waals surface area contributed by atoms with Gasteiger partial charge in [0, 0.05) is 18.1 Å². The molecule has 0 saturated carbocycles. The van der Waals surface area contributed by atoms with E-state index < -0.39 is 0 Å². The summed E-state index contributed by atoms with van der Waals surface area (Å²) >= 11 is 11.8. The maximum Gasteiger partial charge on any atom is 0.238 e. The van der Waals surface area contributed by atoms with Crippen LogP contribution in [0.1, 0.15) is 0 Å². The number of nitrogens with one attached hydrogen (secondary N) is 1. The molecule has 2 rings (SSSR count).